The van der Waals surface area contributed by atoms with Crippen LogP contribution in [0.25, 0.3) is 33.8 Å². The molecule has 4 nitrogen and oxygen atoms in total. The van der Waals surface area contributed by atoms with Crippen LogP contribution in [0.15, 0.2) is 89.3 Å². The van der Waals surface area contributed by atoms with E-state index in [0.717, 1.165) is 70.5 Å². The minimum absolute atomic E-state index is 0.739. The number of hydrogen-bond acceptors (Lipinski definition) is 3. The van der Waals surface area contributed by atoms with Crippen LogP contribution >= 0.6 is 0 Å². The average molecular weight is 442 g/mol. The third-order valence-electron chi connectivity index (χ3n) is 5.50. The minimum Gasteiger partial charge on any atom is -0.497 e. The van der Waals surface area contributed by atoms with E-state index in [-0.39, 0.29) is 0 Å². The van der Waals surface area contributed by atoms with Gasteiger partial charge >= 0.3 is 11.5 Å². The van der Waals surface area contributed by atoms with Gasteiger partial charge in [-0.1, -0.05) is 25.5 Å². The second-order valence-corrected chi connectivity index (χ2v) is 7.76. The molecule has 0 fully saturated rings. The number of rotatable bonds is 9. The second-order valence-electron chi connectivity index (χ2n) is 7.76. The Morgan fingerprint density at radius 1 is 0.576 bits per heavy atom. The van der Waals surface area contributed by atoms with Gasteiger partial charge in [0, 0.05) is 5.56 Å². The lowest BCUT2D eigenvalue weighted by Crippen LogP contribution is -1.96. The second kappa shape index (κ2) is 10.7. The predicted octanol–water partition coefficient (Wildman–Crippen LogP) is 7.76. The van der Waals surface area contributed by atoms with Crippen molar-refractivity contribution < 1.29 is 18.6 Å². The molecule has 1 heterocycles. The topological polar surface area (TPSA) is 39.0 Å². The van der Waals surface area contributed by atoms with Gasteiger partial charge < -0.3 is 14.2 Å². The molecule has 0 atom stereocenters. The van der Waals surface area contributed by atoms with Gasteiger partial charge in [-0.15, -0.1) is 0 Å². The van der Waals surface area contributed by atoms with Crippen molar-refractivity contribution in [3.8, 4) is 51.0 Å². The summed E-state index contributed by atoms with van der Waals surface area (Å²) in [6.07, 6.45) is 2.17. The lowest BCUT2D eigenvalue weighted by atomic mass is 10.0. The fourth-order valence-corrected chi connectivity index (χ4v) is 3.54. The Balaban J connectivity index is 1.73. The van der Waals surface area contributed by atoms with E-state index in [0.29, 0.717) is 0 Å². The van der Waals surface area contributed by atoms with Gasteiger partial charge in [-0.2, -0.15) is 0 Å². The molecule has 0 aliphatic rings. The van der Waals surface area contributed by atoms with Gasteiger partial charge in [0.05, 0.1) is 44.1 Å². The summed E-state index contributed by atoms with van der Waals surface area (Å²) in [5.41, 5.74) is 4.12. The van der Waals surface area contributed by atoms with Gasteiger partial charge in [0.25, 0.3) is 0 Å². The van der Waals surface area contributed by atoms with Crippen molar-refractivity contribution in [2.75, 3.05) is 20.8 Å². The Morgan fingerprint density at radius 2 is 1.03 bits per heavy atom. The molecule has 0 spiro atoms. The van der Waals surface area contributed by atoms with Gasteiger partial charge in [0.1, 0.15) is 17.2 Å². The van der Waals surface area contributed by atoms with Crippen LogP contribution in [0.1, 0.15) is 19.8 Å². The van der Waals surface area contributed by atoms with Crippen LogP contribution in [-0.2, 0) is 0 Å². The first kappa shape index (κ1) is 22.4. The summed E-state index contributed by atoms with van der Waals surface area (Å²) < 4.78 is 22.8. The number of hydrogen-bond donors (Lipinski definition) is 0. The summed E-state index contributed by atoms with van der Waals surface area (Å²) in [6.45, 7) is 2.90. The van der Waals surface area contributed by atoms with Crippen LogP contribution in [0.3, 0.4) is 0 Å². The van der Waals surface area contributed by atoms with Crippen LogP contribution < -0.4 is 14.2 Å². The third-order valence-corrected chi connectivity index (χ3v) is 5.50. The van der Waals surface area contributed by atoms with Gasteiger partial charge in [-0.3, -0.25) is 0 Å². The Morgan fingerprint density at radius 3 is 1.48 bits per heavy atom. The Labute approximate surface area is 195 Å². The van der Waals surface area contributed by atoms with E-state index in [1.807, 2.05) is 60.7 Å². The van der Waals surface area contributed by atoms with E-state index in [1.54, 1.807) is 14.2 Å². The fraction of sp³-hybridized carbons (Fsp3) is 0.207. The summed E-state index contributed by atoms with van der Waals surface area (Å²) in [5.74, 6) is 4.07. The van der Waals surface area contributed by atoms with Crippen molar-refractivity contribution in [2.45, 2.75) is 19.8 Å². The molecule has 0 bridgehead atoms. The molecule has 4 heteroatoms. The molecule has 0 N–H and O–H groups in total. The number of unbranched alkanes of at least 4 members (excludes halogenated alkanes) is 1. The summed E-state index contributed by atoms with van der Waals surface area (Å²) in [4.78, 5) is 0. The number of benzene rings is 3. The van der Waals surface area contributed by atoms with E-state index in [2.05, 4.69) is 31.2 Å². The van der Waals surface area contributed by atoms with Crippen molar-refractivity contribution in [3.05, 3.63) is 84.9 Å². The van der Waals surface area contributed by atoms with E-state index in [9.17, 15) is 0 Å². The molecule has 0 aliphatic carbocycles. The minimum atomic E-state index is 0.739. The quantitative estimate of drug-likeness (QED) is 0.197. The predicted molar refractivity (Wildman–Crippen MR) is 133 cm³/mol. The van der Waals surface area contributed by atoms with Crippen molar-refractivity contribution in [1.82, 2.24) is 0 Å². The molecule has 0 saturated heterocycles. The largest absolute Gasteiger partial charge is 0.497 e. The highest BCUT2D eigenvalue weighted by Gasteiger charge is 2.21. The maximum Gasteiger partial charge on any atom is 0.361 e. The fourth-order valence-electron chi connectivity index (χ4n) is 3.54. The van der Waals surface area contributed by atoms with Gasteiger partial charge in [0.15, 0.2) is 0 Å². The lowest BCUT2D eigenvalue weighted by molar-refractivity contribution is 0.309. The molecule has 0 aliphatic heterocycles. The average Bonchev–Trinajstić information content (AvgIpc) is 2.89. The summed E-state index contributed by atoms with van der Waals surface area (Å²) in [6, 6.07) is 28.1. The van der Waals surface area contributed by atoms with Crippen molar-refractivity contribution >= 4 is 0 Å². The summed E-state index contributed by atoms with van der Waals surface area (Å²) in [5, 5.41) is 0. The van der Waals surface area contributed by atoms with Crippen LogP contribution in [-0.4, -0.2) is 20.8 Å². The standard InChI is InChI=1S/C29H29O4/c1-4-5-18-32-27-16-6-21(7-17-27)24-19-28(22-8-12-25(30-2)13-9-22)33-29(20-24)23-10-14-26(31-3)15-11-23/h6-17,19-20H,4-5,18H2,1-3H3/q+1. The molecular weight excluding hydrogens is 412 g/mol. The Bertz CT molecular complexity index is 1100. The van der Waals surface area contributed by atoms with Gasteiger partial charge in [-0.05, 0) is 72.6 Å². The molecule has 0 saturated carbocycles. The van der Waals surface area contributed by atoms with E-state index < -0.39 is 0 Å². The first-order chi connectivity index (χ1) is 16.2. The molecule has 1 aromatic heterocycles. The summed E-state index contributed by atoms with van der Waals surface area (Å²) in [7, 11) is 3.33. The van der Waals surface area contributed by atoms with Crippen molar-refractivity contribution in [3.63, 3.8) is 0 Å². The van der Waals surface area contributed by atoms with Crippen molar-refractivity contribution in [2.24, 2.45) is 0 Å². The molecular formula is C29H29O4+. The van der Waals surface area contributed by atoms with Gasteiger partial charge in [-0.25, -0.2) is 4.42 Å². The first-order valence-electron chi connectivity index (χ1n) is 11.2. The van der Waals surface area contributed by atoms with Crippen LogP contribution in [0.5, 0.6) is 17.2 Å². The molecule has 4 aromatic rings. The highest BCUT2D eigenvalue weighted by molar-refractivity contribution is 5.75. The molecule has 0 unspecified atom stereocenters. The maximum atomic E-state index is 6.34. The normalized spacial score (nSPS) is 10.6. The van der Waals surface area contributed by atoms with E-state index >= 15 is 0 Å². The highest BCUT2D eigenvalue weighted by atomic mass is 16.5. The molecule has 0 amide bonds. The van der Waals surface area contributed by atoms with E-state index in [4.69, 9.17) is 18.6 Å². The highest BCUT2D eigenvalue weighted by Crippen LogP contribution is 2.34. The van der Waals surface area contributed by atoms with Crippen LogP contribution in [0, 0.1) is 0 Å². The van der Waals surface area contributed by atoms with Crippen molar-refractivity contribution in [1.29, 1.82) is 0 Å². The van der Waals surface area contributed by atoms with Crippen LogP contribution in [0.2, 0.25) is 0 Å². The first-order valence-corrected chi connectivity index (χ1v) is 11.2. The third kappa shape index (κ3) is 5.53. The molecule has 168 valence electrons. The van der Waals surface area contributed by atoms with E-state index in [1.165, 1.54) is 0 Å². The molecule has 0 radical (unpaired) electrons. The lowest BCUT2D eigenvalue weighted by Gasteiger charge is -2.07. The maximum absolute atomic E-state index is 6.34. The Hall–Kier alpha value is -3.79. The zero-order chi connectivity index (χ0) is 23.0. The molecule has 33 heavy (non-hydrogen) atoms. The summed E-state index contributed by atoms with van der Waals surface area (Å²) >= 11 is 0. The molecule has 3 aromatic carbocycles. The monoisotopic (exact) mass is 441 g/mol. The Kier molecular flexibility index (Phi) is 7.26. The smallest absolute Gasteiger partial charge is 0.361 e. The molecule has 4 rings (SSSR count). The van der Waals surface area contributed by atoms with Gasteiger partial charge in [0.2, 0.25) is 0 Å². The zero-order valence-electron chi connectivity index (χ0n) is 19.3. The number of ether oxygens (including phenoxy) is 3. The zero-order valence-corrected chi connectivity index (χ0v) is 19.3. The number of methoxy groups -OCH3 is 2. The SMILES string of the molecule is CCCCOc1ccc(-c2cc(-c3ccc(OC)cc3)[o+]c(-c3ccc(OC)cc3)c2)cc1. The van der Waals surface area contributed by atoms with Crippen LogP contribution in [0.4, 0.5) is 0 Å².